The molecule has 0 spiro atoms. The van der Waals surface area contributed by atoms with Gasteiger partial charge in [-0.2, -0.15) is 0 Å². The molecule has 0 bridgehead atoms. The first-order chi connectivity index (χ1) is 8.77. The summed E-state index contributed by atoms with van der Waals surface area (Å²) in [5.41, 5.74) is 5.44. The Morgan fingerprint density at radius 1 is 0.722 bits per heavy atom. The normalized spacial score (nSPS) is 11.3. The SMILES string of the molecule is CN(C)CCCCNCCCCNCCCCN. The fourth-order valence-corrected chi connectivity index (χ4v) is 1.82. The highest BCUT2D eigenvalue weighted by atomic mass is 15.0. The molecule has 0 rings (SSSR count). The molecule has 0 saturated carbocycles. The first-order valence-electron chi connectivity index (χ1n) is 7.53. The predicted molar refractivity (Wildman–Crippen MR) is 81.0 cm³/mol. The number of rotatable bonds is 14. The predicted octanol–water partition coefficient (Wildman–Crippen LogP) is 1.03. The maximum absolute atomic E-state index is 5.44. The van der Waals surface area contributed by atoms with Crippen LogP contribution in [0.5, 0.6) is 0 Å². The van der Waals surface area contributed by atoms with Crippen molar-refractivity contribution < 1.29 is 0 Å². The average Bonchev–Trinajstić information content (AvgIpc) is 2.34. The van der Waals surface area contributed by atoms with E-state index in [0.29, 0.717) is 0 Å². The summed E-state index contributed by atoms with van der Waals surface area (Å²) in [6.07, 6.45) is 7.48. The van der Waals surface area contributed by atoms with Gasteiger partial charge >= 0.3 is 0 Å². The molecule has 0 unspecified atom stereocenters. The summed E-state index contributed by atoms with van der Waals surface area (Å²) in [6, 6.07) is 0. The minimum absolute atomic E-state index is 0.819. The van der Waals surface area contributed by atoms with Crippen LogP contribution in [-0.2, 0) is 0 Å². The third-order valence-electron chi connectivity index (χ3n) is 2.97. The summed E-state index contributed by atoms with van der Waals surface area (Å²) in [7, 11) is 4.27. The molecular weight excluding hydrogens is 224 g/mol. The van der Waals surface area contributed by atoms with Crippen LogP contribution in [0, 0.1) is 0 Å². The molecule has 4 N–H and O–H groups in total. The monoisotopic (exact) mass is 258 g/mol. The molecule has 0 fully saturated rings. The molecule has 0 aliphatic heterocycles. The van der Waals surface area contributed by atoms with Crippen molar-refractivity contribution in [3.05, 3.63) is 0 Å². The fraction of sp³-hybridized carbons (Fsp3) is 1.00. The Labute approximate surface area is 114 Å². The lowest BCUT2D eigenvalue weighted by molar-refractivity contribution is 0.391. The molecule has 0 saturated heterocycles. The Kier molecular flexibility index (Phi) is 14.8. The third kappa shape index (κ3) is 15.8. The summed E-state index contributed by atoms with van der Waals surface area (Å²) < 4.78 is 0. The second kappa shape index (κ2) is 14.9. The van der Waals surface area contributed by atoms with E-state index in [1.807, 2.05) is 0 Å². The van der Waals surface area contributed by atoms with Gasteiger partial charge in [-0.3, -0.25) is 0 Å². The highest BCUT2D eigenvalue weighted by Crippen LogP contribution is 1.90. The van der Waals surface area contributed by atoms with Crippen LogP contribution < -0.4 is 16.4 Å². The maximum atomic E-state index is 5.44. The van der Waals surface area contributed by atoms with E-state index in [1.54, 1.807) is 0 Å². The van der Waals surface area contributed by atoms with E-state index in [9.17, 15) is 0 Å². The van der Waals surface area contributed by atoms with Crippen molar-refractivity contribution in [2.75, 3.05) is 53.4 Å². The smallest absolute Gasteiger partial charge is 0.00244 e. The van der Waals surface area contributed by atoms with Crippen molar-refractivity contribution in [1.82, 2.24) is 15.5 Å². The van der Waals surface area contributed by atoms with Crippen LogP contribution in [0.3, 0.4) is 0 Å². The van der Waals surface area contributed by atoms with Crippen LogP contribution >= 0.6 is 0 Å². The summed E-state index contributed by atoms with van der Waals surface area (Å²) in [5, 5.41) is 6.96. The second-order valence-electron chi connectivity index (χ2n) is 5.21. The molecule has 0 aromatic carbocycles. The fourth-order valence-electron chi connectivity index (χ4n) is 1.82. The lowest BCUT2D eigenvalue weighted by Crippen LogP contribution is -2.21. The van der Waals surface area contributed by atoms with Gasteiger partial charge in [0, 0.05) is 0 Å². The molecule has 4 nitrogen and oxygen atoms in total. The van der Waals surface area contributed by atoms with Crippen LogP contribution in [0.1, 0.15) is 38.5 Å². The maximum Gasteiger partial charge on any atom is -0.00244 e. The lowest BCUT2D eigenvalue weighted by Gasteiger charge is -2.09. The van der Waals surface area contributed by atoms with Gasteiger partial charge in [0.1, 0.15) is 0 Å². The van der Waals surface area contributed by atoms with Crippen LogP contribution in [0.4, 0.5) is 0 Å². The Balaban J connectivity index is 2.90. The number of nitrogens with two attached hydrogens (primary N) is 1. The summed E-state index contributed by atoms with van der Waals surface area (Å²) in [6.45, 7) is 6.61. The minimum Gasteiger partial charge on any atom is -0.330 e. The van der Waals surface area contributed by atoms with E-state index in [2.05, 4.69) is 29.6 Å². The van der Waals surface area contributed by atoms with E-state index >= 15 is 0 Å². The number of nitrogens with zero attached hydrogens (tertiary/aromatic N) is 1. The molecule has 0 heterocycles. The molecule has 18 heavy (non-hydrogen) atoms. The number of unbranched alkanes of at least 4 members (excludes halogenated alkanes) is 3. The molecule has 0 aromatic heterocycles. The summed E-state index contributed by atoms with van der Waals surface area (Å²) in [4.78, 5) is 2.25. The van der Waals surface area contributed by atoms with Gasteiger partial charge < -0.3 is 21.3 Å². The largest absolute Gasteiger partial charge is 0.330 e. The molecular formula is C14H34N4. The Hall–Kier alpha value is -0.160. The zero-order chi connectivity index (χ0) is 13.5. The van der Waals surface area contributed by atoms with E-state index in [4.69, 9.17) is 5.73 Å². The van der Waals surface area contributed by atoms with Crippen molar-refractivity contribution in [3.63, 3.8) is 0 Å². The van der Waals surface area contributed by atoms with Gasteiger partial charge in [0.25, 0.3) is 0 Å². The highest BCUT2D eigenvalue weighted by Gasteiger charge is 1.92. The molecule has 0 atom stereocenters. The molecule has 0 aliphatic carbocycles. The Bertz CT molecular complexity index is 151. The van der Waals surface area contributed by atoms with E-state index in [1.165, 1.54) is 38.6 Å². The molecule has 0 radical (unpaired) electrons. The van der Waals surface area contributed by atoms with Crippen molar-refractivity contribution >= 4 is 0 Å². The van der Waals surface area contributed by atoms with Crippen LogP contribution in [0.15, 0.2) is 0 Å². The topological polar surface area (TPSA) is 53.3 Å². The first-order valence-corrected chi connectivity index (χ1v) is 7.53. The zero-order valence-electron chi connectivity index (χ0n) is 12.5. The van der Waals surface area contributed by atoms with Gasteiger partial charge in [-0.25, -0.2) is 0 Å². The average molecular weight is 258 g/mol. The van der Waals surface area contributed by atoms with Crippen molar-refractivity contribution in [3.8, 4) is 0 Å². The Morgan fingerprint density at radius 3 is 1.61 bits per heavy atom. The van der Waals surface area contributed by atoms with Gasteiger partial charge in [-0.15, -0.1) is 0 Å². The molecule has 0 aliphatic rings. The van der Waals surface area contributed by atoms with E-state index in [0.717, 1.165) is 39.1 Å². The van der Waals surface area contributed by atoms with Crippen molar-refractivity contribution in [1.29, 1.82) is 0 Å². The lowest BCUT2D eigenvalue weighted by atomic mass is 10.2. The van der Waals surface area contributed by atoms with Gasteiger partial charge in [-0.1, -0.05) is 0 Å². The van der Waals surface area contributed by atoms with E-state index < -0.39 is 0 Å². The zero-order valence-corrected chi connectivity index (χ0v) is 12.5. The van der Waals surface area contributed by atoms with Crippen molar-refractivity contribution in [2.45, 2.75) is 38.5 Å². The third-order valence-corrected chi connectivity index (χ3v) is 2.97. The standard InChI is InChI=1S/C14H34N4/c1-18(2)14-8-7-13-17-12-6-5-11-16-10-4-3-9-15/h16-17H,3-15H2,1-2H3. The second-order valence-corrected chi connectivity index (χ2v) is 5.21. The summed E-state index contributed by atoms with van der Waals surface area (Å²) in [5.74, 6) is 0. The minimum atomic E-state index is 0.819. The van der Waals surface area contributed by atoms with Crippen LogP contribution in [0.25, 0.3) is 0 Å². The molecule has 4 heteroatoms. The van der Waals surface area contributed by atoms with Gasteiger partial charge in [0.05, 0.1) is 0 Å². The van der Waals surface area contributed by atoms with Crippen LogP contribution in [0.2, 0.25) is 0 Å². The van der Waals surface area contributed by atoms with Crippen molar-refractivity contribution in [2.24, 2.45) is 5.73 Å². The molecule has 0 amide bonds. The van der Waals surface area contributed by atoms with Crippen LogP contribution in [-0.4, -0.2) is 58.3 Å². The number of hydrogen-bond acceptors (Lipinski definition) is 4. The molecule has 110 valence electrons. The van der Waals surface area contributed by atoms with Gasteiger partial charge in [-0.05, 0) is 91.9 Å². The van der Waals surface area contributed by atoms with E-state index in [-0.39, 0.29) is 0 Å². The van der Waals surface area contributed by atoms with Gasteiger partial charge in [0.15, 0.2) is 0 Å². The van der Waals surface area contributed by atoms with Gasteiger partial charge in [0.2, 0.25) is 0 Å². The Morgan fingerprint density at radius 2 is 1.17 bits per heavy atom. The summed E-state index contributed by atoms with van der Waals surface area (Å²) >= 11 is 0. The number of nitrogens with one attached hydrogen (secondary N) is 2. The molecule has 0 aromatic rings. The first kappa shape index (κ1) is 17.8. The highest BCUT2D eigenvalue weighted by molar-refractivity contribution is 4.54. The quantitative estimate of drug-likeness (QED) is 0.407. The number of hydrogen-bond donors (Lipinski definition) is 3.